The van der Waals surface area contributed by atoms with Crippen molar-refractivity contribution >= 4 is 5.97 Å². The van der Waals surface area contributed by atoms with Crippen molar-refractivity contribution < 1.29 is 14.3 Å². The molecule has 0 aliphatic rings. The van der Waals surface area contributed by atoms with Crippen molar-refractivity contribution in [1.29, 1.82) is 0 Å². The van der Waals surface area contributed by atoms with Gasteiger partial charge in [0.2, 0.25) is 0 Å². The van der Waals surface area contributed by atoms with Crippen LogP contribution < -0.4 is 5.73 Å². The molecule has 0 rings (SSSR count). The van der Waals surface area contributed by atoms with Gasteiger partial charge in [0.15, 0.2) is 0 Å². The second-order valence-corrected chi connectivity index (χ2v) is 3.90. The van der Waals surface area contributed by atoms with Crippen molar-refractivity contribution in [2.45, 2.75) is 38.3 Å². The predicted molar refractivity (Wildman–Crippen MR) is 58.1 cm³/mol. The highest BCUT2D eigenvalue weighted by Gasteiger charge is 2.18. The molecule has 0 amide bonds. The Morgan fingerprint density at radius 2 is 2.20 bits per heavy atom. The number of esters is 1. The highest BCUT2D eigenvalue weighted by molar-refractivity contribution is 5.75. The average Bonchev–Trinajstić information content (AvgIpc) is 2.18. The van der Waals surface area contributed by atoms with Crippen LogP contribution in [0, 0.1) is 12.3 Å². The van der Waals surface area contributed by atoms with Gasteiger partial charge in [-0.3, -0.25) is 4.79 Å². The summed E-state index contributed by atoms with van der Waals surface area (Å²) >= 11 is 0. The largest absolute Gasteiger partial charge is 0.464 e. The molecule has 4 heteroatoms. The van der Waals surface area contributed by atoms with E-state index >= 15 is 0 Å². The molecule has 0 aliphatic heterocycles. The quantitative estimate of drug-likeness (QED) is 0.521. The monoisotopic (exact) mass is 213 g/mol. The number of nitrogens with two attached hydrogens (primary N) is 1. The molecular formula is C11H19NO3. The number of carbonyl (C=O) groups excluding carboxylic acids is 1. The number of rotatable bonds is 6. The first kappa shape index (κ1) is 13.9. The maximum absolute atomic E-state index is 11.2. The minimum atomic E-state index is -0.722. The van der Waals surface area contributed by atoms with Crippen molar-refractivity contribution in [1.82, 2.24) is 0 Å². The molecule has 0 aliphatic carbocycles. The van der Waals surface area contributed by atoms with Gasteiger partial charge in [0.25, 0.3) is 0 Å². The highest BCUT2D eigenvalue weighted by atomic mass is 16.5. The van der Waals surface area contributed by atoms with E-state index in [0.717, 1.165) is 0 Å². The van der Waals surface area contributed by atoms with Crippen LogP contribution in [0.3, 0.4) is 0 Å². The Balaban J connectivity index is 3.78. The molecule has 0 fully saturated rings. The summed E-state index contributed by atoms with van der Waals surface area (Å²) in [6, 6.07) is -0.722. The molecule has 0 saturated heterocycles. The van der Waals surface area contributed by atoms with Gasteiger partial charge in [-0.2, -0.15) is 0 Å². The molecule has 1 unspecified atom stereocenters. The normalized spacial score (nSPS) is 13.0. The Morgan fingerprint density at radius 1 is 1.60 bits per heavy atom. The lowest BCUT2D eigenvalue weighted by Gasteiger charge is -2.22. The van der Waals surface area contributed by atoms with Crippen LogP contribution in [0.1, 0.15) is 26.7 Å². The third-order valence-electron chi connectivity index (χ3n) is 2.14. The maximum atomic E-state index is 11.2. The summed E-state index contributed by atoms with van der Waals surface area (Å²) in [5.41, 5.74) is 5.17. The van der Waals surface area contributed by atoms with E-state index in [1.165, 1.54) is 0 Å². The lowest BCUT2D eigenvalue weighted by Crippen LogP contribution is -2.33. The number of hydrogen-bond donors (Lipinski definition) is 1. The van der Waals surface area contributed by atoms with E-state index in [2.05, 4.69) is 5.92 Å². The van der Waals surface area contributed by atoms with Crippen molar-refractivity contribution in [3.8, 4) is 12.3 Å². The lowest BCUT2D eigenvalue weighted by molar-refractivity contribution is -0.146. The zero-order valence-corrected chi connectivity index (χ0v) is 9.58. The topological polar surface area (TPSA) is 61.6 Å². The van der Waals surface area contributed by atoms with E-state index in [1.807, 2.05) is 13.8 Å². The molecule has 0 radical (unpaired) electrons. The van der Waals surface area contributed by atoms with Crippen LogP contribution in [-0.4, -0.2) is 31.3 Å². The third-order valence-corrected chi connectivity index (χ3v) is 2.14. The standard InChI is InChI=1S/C11H19NO3/c1-5-6-9(12)10(13)15-8-7-11(2,3)14-4/h1,9H,6-8,12H2,2-4H3. The van der Waals surface area contributed by atoms with Gasteiger partial charge in [-0.25, -0.2) is 0 Å². The summed E-state index contributed by atoms with van der Waals surface area (Å²) in [7, 11) is 1.62. The minimum Gasteiger partial charge on any atom is -0.464 e. The smallest absolute Gasteiger partial charge is 0.323 e. The molecule has 86 valence electrons. The summed E-state index contributed by atoms with van der Waals surface area (Å²) < 4.78 is 10.1. The molecule has 0 saturated carbocycles. The van der Waals surface area contributed by atoms with E-state index < -0.39 is 12.0 Å². The maximum Gasteiger partial charge on any atom is 0.323 e. The van der Waals surface area contributed by atoms with Gasteiger partial charge in [-0.1, -0.05) is 0 Å². The molecule has 0 bridgehead atoms. The fourth-order valence-electron chi connectivity index (χ4n) is 0.817. The van der Waals surface area contributed by atoms with E-state index in [9.17, 15) is 4.79 Å². The number of ether oxygens (including phenoxy) is 2. The zero-order chi connectivity index (χ0) is 11.9. The lowest BCUT2D eigenvalue weighted by atomic mass is 10.1. The molecular weight excluding hydrogens is 194 g/mol. The van der Waals surface area contributed by atoms with Crippen molar-refractivity contribution in [3.05, 3.63) is 0 Å². The highest BCUT2D eigenvalue weighted by Crippen LogP contribution is 2.12. The van der Waals surface area contributed by atoms with Crippen LogP contribution in [0.4, 0.5) is 0 Å². The zero-order valence-electron chi connectivity index (χ0n) is 9.58. The number of hydrogen-bond acceptors (Lipinski definition) is 4. The van der Waals surface area contributed by atoms with Crippen molar-refractivity contribution in [3.63, 3.8) is 0 Å². The molecule has 15 heavy (non-hydrogen) atoms. The summed E-state index contributed by atoms with van der Waals surface area (Å²) in [4.78, 5) is 11.2. The Hall–Kier alpha value is -1.05. The first-order chi connectivity index (χ1) is 6.93. The summed E-state index contributed by atoms with van der Waals surface area (Å²) in [6.45, 7) is 4.13. The molecule has 0 heterocycles. The van der Waals surface area contributed by atoms with Gasteiger partial charge in [-0.15, -0.1) is 12.3 Å². The summed E-state index contributed by atoms with van der Waals surface area (Å²) in [5.74, 6) is 1.86. The summed E-state index contributed by atoms with van der Waals surface area (Å²) in [6.07, 6.45) is 5.85. The molecule has 1 atom stereocenters. The van der Waals surface area contributed by atoms with Gasteiger partial charge >= 0.3 is 5.97 Å². The second kappa shape index (κ2) is 6.44. The second-order valence-electron chi connectivity index (χ2n) is 3.90. The minimum absolute atomic E-state index is 0.201. The van der Waals surface area contributed by atoms with Gasteiger partial charge in [0.1, 0.15) is 6.04 Å². The Labute approximate surface area is 91.1 Å². The van der Waals surface area contributed by atoms with Gasteiger partial charge in [0, 0.05) is 20.0 Å². The first-order valence-electron chi connectivity index (χ1n) is 4.84. The van der Waals surface area contributed by atoms with Crippen LogP contribution in [0.15, 0.2) is 0 Å². The van der Waals surface area contributed by atoms with Crippen molar-refractivity contribution in [2.75, 3.05) is 13.7 Å². The van der Waals surface area contributed by atoms with E-state index in [0.29, 0.717) is 6.42 Å². The molecule has 0 aromatic heterocycles. The first-order valence-corrected chi connectivity index (χ1v) is 4.84. The van der Waals surface area contributed by atoms with Crippen molar-refractivity contribution in [2.24, 2.45) is 5.73 Å². The number of carbonyl (C=O) groups is 1. The SMILES string of the molecule is C#CCC(N)C(=O)OCCC(C)(C)OC. The Morgan fingerprint density at radius 3 is 2.67 bits per heavy atom. The number of terminal acetylenes is 1. The van der Waals surface area contributed by atoms with Crippen LogP contribution >= 0.6 is 0 Å². The molecule has 2 N–H and O–H groups in total. The summed E-state index contributed by atoms with van der Waals surface area (Å²) in [5, 5.41) is 0. The van der Waals surface area contributed by atoms with Crippen LogP contribution in [0.25, 0.3) is 0 Å². The van der Waals surface area contributed by atoms with Crippen LogP contribution in [-0.2, 0) is 14.3 Å². The average molecular weight is 213 g/mol. The Bertz CT molecular complexity index is 243. The van der Waals surface area contributed by atoms with E-state index in [1.54, 1.807) is 7.11 Å². The third kappa shape index (κ3) is 6.10. The molecule has 0 aromatic carbocycles. The fraction of sp³-hybridized carbons (Fsp3) is 0.727. The van der Waals surface area contributed by atoms with Crippen LogP contribution in [0.2, 0.25) is 0 Å². The molecule has 0 spiro atoms. The predicted octanol–water partition coefficient (Wildman–Crippen LogP) is 0.695. The van der Waals surface area contributed by atoms with E-state index in [-0.39, 0.29) is 18.6 Å². The van der Waals surface area contributed by atoms with Gasteiger partial charge in [-0.05, 0) is 13.8 Å². The van der Waals surface area contributed by atoms with Gasteiger partial charge < -0.3 is 15.2 Å². The van der Waals surface area contributed by atoms with Crippen LogP contribution in [0.5, 0.6) is 0 Å². The fourth-order valence-corrected chi connectivity index (χ4v) is 0.817. The molecule has 4 nitrogen and oxygen atoms in total. The number of methoxy groups -OCH3 is 1. The Kier molecular flexibility index (Phi) is 5.99. The molecule has 0 aromatic rings. The van der Waals surface area contributed by atoms with E-state index in [4.69, 9.17) is 21.6 Å². The van der Waals surface area contributed by atoms with Gasteiger partial charge in [0.05, 0.1) is 12.2 Å².